The van der Waals surface area contributed by atoms with E-state index in [0.29, 0.717) is 28.4 Å². The predicted molar refractivity (Wildman–Crippen MR) is 112 cm³/mol. The number of carbonyl (C=O) groups is 2. The number of aromatic amines is 1. The van der Waals surface area contributed by atoms with Gasteiger partial charge in [0.15, 0.2) is 4.77 Å². The van der Waals surface area contributed by atoms with Gasteiger partial charge in [0.05, 0.1) is 6.61 Å². The topological polar surface area (TPSA) is 97.4 Å². The summed E-state index contributed by atoms with van der Waals surface area (Å²) in [4.78, 5) is 27.5. The highest BCUT2D eigenvalue weighted by Gasteiger charge is 2.15. The van der Waals surface area contributed by atoms with Gasteiger partial charge in [-0.15, -0.1) is 0 Å². The van der Waals surface area contributed by atoms with E-state index in [1.54, 1.807) is 35.0 Å². The van der Waals surface area contributed by atoms with Crippen molar-refractivity contribution >= 4 is 35.6 Å². The average Bonchev–Trinajstić information content (AvgIpc) is 3.11. The smallest absolute Gasteiger partial charge is 0.411 e. The molecule has 0 bridgehead atoms. The Labute approximate surface area is 172 Å². The maximum Gasteiger partial charge on any atom is 0.411 e. The Morgan fingerprint density at radius 1 is 1.03 bits per heavy atom. The molecule has 150 valence electrons. The van der Waals surface area contributed by atoms with Crippen molar-refractivity contribution in [2.45, 2.75) is 0 Å². The number of amides is 2. The molecule has 3 rings (SSSR count). The molecule has 0 spiro atoms. The predicted octanol–water partition coefficient (Wildman–Crippen LogP) is 3.98. The SMILES string of the molecule is COCCOC(=O)Nc1cccc(NC(=O)c2c[nH]c(=S)n2-c2ccccc2)c1. The van der Waals surface area contributed by atoms with Gasteiger partial charge in [0, 0.05) is 30.4 Å². The Morgan fingerprint density at radius 3 is 2.48 bits per heavy atom. The first-order valence-corrected chi connectivity index (χ1v) is 9.19. The molecule has 3 N–H and O–H groups in total. The molecule has 0 saturated heterocycles. The first kappa shape index (κ1) is 20.3. The minimum Gasteiger partial charge on any atom is -0.447 e. The Hall–Kier alpha value is -3.43. The van der Waals surface area contributed by atoms with Gasteiger partial charge in [-0.1, -0.05) is 24.3 Å². The fourth-order valence-corrected chi connectivity index (χ4v) is 2.87. The molecular weight excluding hydrogens is 392 g/mol. The van der Waals surface area contributed by atoms with Gasteiger partial charge in [-0.2, -0.15) is 0 Å². The maximum atomic E-state index is 12.8. The lowest BCUT2D eigenvalue weighted by Gasteiger charge is -2.11. The first-order valence-electron chi connectivity index (χ1n) is 8.78. The number of H-pyrrole nitrogens is 1. The second-order valence-electron chi connectivity index (χ2n) is 5.94. The molecular formula is C20H20N4O4S. The monoisotopic (exact) mass is 412 g/mol. The summed E-state index contributed by atoms with van der Waals surface area (Å²) in [6.45, 7) is 0.460. The third-order valence-electron chi connectivity index (χ3n) is 3.91. The van der Waals surface area contributed by atoms with Gasteiger partial charge in [-0.05, 0) is 42.5 Å². The van der Waals surface area contributed by atoms with E-state index in [0.717, 1.165) is 5.69 Å². The molecule has 3 aromatic rings. The van der Waals surface area contributed by atoms with Crippen LogP contribution in [-0.4, -0.2) is 41.9 Å². The number of nitrogens with zero attached hydrogens (tertiary/aromatic N) is 1. The van der Waals surface area contributed by atoms with Crippen LogP contribution in [0.4, 0.5) is 16.2 Å². The van der Waals surface area contributed by atoms with Crippen LogP contribution in [0.2, 0.25) is 0 Å². The normalized spacial score (nSPS) is 10.4. The maximum absolute atomic E-state index is 12.8. The average molecular weight is 412 g/mol. The van der Waals surface area contributed by atoms with Crippen LogP contribution in [0.3, 0.4) is 0 Å². The van der Waals surface area contributed by atoms with E-state index in [2.05, 4.69) is 15.6 Å². The van der Waals surface area contributed by atoms with Crippen molar-refractivity contribution in [3.8, 4) is 5.69 Å². The molecule has 8 nitrogen and oxygen atoms in total. The highest BCUT2D eigenvalue weighted by Crippen LogP contribution is 2.18. The zero-order chi connectivity index (χ0) is 20.6. The Bertz CT molecular complexity index is 1050. The van der Waals surface area contributed by atoms with Crippen LogP contribution in [0.1, 0.15) is 10.5 Å². The van der Waals surface area contributed by atoms with Crippen molar-refractivity contribution in [2.75, 3.05) is 31.0 Å². The van der Waals surface area contributed by atoms with Gasteiger partial charge >= 0.3 is 6.09 Å². The third-order valence-corrected chi connectivity index (χ3v) is 4.21. The Morgan fingerprint density at radius 2 is 1.76 bits per heavy atom. The van der Waals surface area contributed by atoms with Crippen LogP contribution >= 0.6 is 12.2 Å². The minimum atomic E-state index is -0.603. The number of hydrogen-bond donors (Lipinski definition) is 3. The van der Waals surface area contributed by atoms with E-state index < -0.39 is 6.09 Å². The second kappa shape index (κ2) is 9.67. The lowest BCUT2D eigenvalue weighted by Crippen LogP contribution is -2.18. The molecule has 1 aromatic heterocycles. The molecule has 9 heteroatoms. The van der Waals surface area contributed by atoms with E-state index in [4.69, 9.17) is 21.7 Å². The molecule has 0 radical (unpaired) electrons. The number of para-hydroxylation sites is 1. The summed E-state index contributed by atoms with van der Waals surface area (Å²) in [6, 6.07) is 16.1. The van der Waals surface area contributed by atoms with Crippen LogP contribution in [0.15, 0.2) is 60.8 Å². The molecule has 0 unspecified atom stereocenters. The van der Waals surface area contributed by atoms with Crippen molar-refractivity contribution in [1.29, 1.82) is 0 Å². The second-order valence-corrected chi connectivity index (χ2v) is 6.33. The van der Waals surface area contributed by atoms with Crippen molar-refractivity contribution in [3.63, 3.8) is 0 Å². The molecule has 29 heavy (non-hydrogen) atoms. The molecule has 2 amide bonds. The first-order chi connectivity index (χ1) is 14.1. The van der Waals surface area contributed by atoms with Crippen LogP contribution in [0.25, 0.3) is 5.69 Å². The summed E-state index contributed by atoms with van der Waals surface area (Å²) >= 11 is 5.31. The van der Waals surface area contributed by atoms with Gasteiger partial charge in [-0.3, -0.25) is 14.7 Å². The van der Waals surface area contributed by atoms with E-state index in [1.807, 2.05) is 30.3 Å². The number of rotatable bonds is 7. The zero-order valence-corrected chi connectivity index (χ0v) is 16.5. The lowest BCUT2D eigenvalue weighted by molar-refractivity contribution is 0.102. The Kier molecular flexibility index (Phi) is 6.77. The number of ether oxygens (including phenoxy) is 2. The van der Waals surface area contributed by atoms with E-state index >= 15 is 0 Å². The largest absolute Gasteiger partial charge is 0.447 e. The van der Waals surface area contributed by atoms with Crippen molar-refractivity contribution in [1.82, 2.24) is 9.55 Å². The number of methoxy groups -OCH3 is 1. The summed E-state index contributed by atoms with van der Waals surface area (Å²) in [5.41, 5.74) is 2.13. The quantitative estimate of drug-likeness (QED) is 0.403. The zero-order valence-electron chi connectivity index (χ0n) is 15.7. The number of benzene rings is 2. The summed E-state index contributed by atoms with van der Waals surface area (Å²) in [6.07, 6.45) is 0.953. The lowest BCUT2D eigenvalue weighted by atomic mass is 10.2. The van der Waals surface area contributed by atoms with E-state index in [9.17, 15) is 9.59 Å². The van der Waals surface area contributed by atoms with E-state index in [-0.39, 0.29) is 12.5 Å². The fraction of sp³-hybridized carbons (Fsp3) is 0.150. The van der Waals surface area contributed by atoms with Gasteiger partial charge in [0.1, 0.15) is 12.3 Å². The molecule has 0 saturated carbocycles. The van der Waals surface area contributed by atoms with Gasteiger partial charge in [0.2, 0.25) is 0 Å². The van der Waals surface area contributed by atoms with Crippen molar-refractivity contribution in [2.24, 2.45) is 0 Å². The molecule has 1 heterocycles. The summed E-state index contributed by atoms with van der Waals surface area (Å²) < 4.78 is 11.9. The standard InChI is InChI=1S/C20H20N4O4S/c1-27-10-11-28-20(26)23-15-7-5-6-14(12-15)22-18(25)17-13-21-19(29)24(17)16-8-3-2-4-9-16/h2-9,12-13H,10-11H2,1H3,(H,21,29)(H,22,25)(H,23,26). The summed E-state index contributed by atoms with van der Waals surface area (Å²) in [7, 11) is 1.52. The van der Waals surface area contributed by atoms with Crippen molar-refractivity contribution in [3.05, 3.63) is 71.3 Å². The fourth-order valence-electron chi connectivity index (χ4n) is 2.61. The van der Waals surface area contributed by atoms with Crippen LogP contribution in [0, 0.1) is 4.77 Å². The highest BCUT2D eigenvalue weighted by atomic mass is 32.1. The van der Waals surface area contributed by atoms with Gasteiger partial charge < -0.3 is 19.8 Å². The van der Waals surface area contributed by atoms with Crippen LogP contribution in [-0.2, 0) is 9.47 Å². The summed E-state index contributed by atoms with van der Waals surface area (Å²) in [5.74, 6) is -0.346. The highest BCUT2D eigenvalue weighted by molar-refractivity contribution is 7.71. The molecule has 0 aliphatic heterocycles. The molecule has 0 fully saturated rings. The third kappa shape index (κ3) is 5.31. The molecule has 2 aromatic carbocycles. The van der Waals surface area contributed by atoms with Gasteiger partial charge in [0.25, 0.3) is 5.91 Å². The van der Waals surface area contributed by atoms with Crippen molar-refractivity contribution < 1.29 is 19.1 Å². The molecule has 0 atom stereocenters. The number of carbonyl (C=O) groups excluding carboxylic acids is 2. The number of anilines is 2. The Balaban J connectivity index is 1.72. The molecule has 0 aliphatic carbocycles. The number of aromatic nitrogens is 2. The number of nitrogens with one attached hydrogen (secondary N) is 3. The number of imidazole rings is 1. The van der Waals surface area contributed by atoms with Crippen LogP contribution in [0.5, 0.6) is 0 Å². The van der Waals surface area contributed by atoms with Crippen LogP contribution < -0.4 is 10.6 Å². The minimum absolute atomic E-state index is 0.148. The van der Waals surface area contributed by atoms with Gasteiger partial charge in [-0.25, -0.2) is 4.79 Å². The summed E-state index contributed by atoms with van der Waals surface area (Å²) in [5, 5.41) is 5.41. The van der Waals surface area contributed by atoms with E-state index in [1.165, 1.54) is 7.11 Å². The molecule has 0 aliphatic rings. The number of hydrogen-bond acceptors (Lipinski definition) is 5.